The number of alkyl halides is 10. The van der Waals surface area contributed by atoms with Crippen LogP contribution in [0.3, 0.4) is 0 Å². The highest BCUT2D eigenvalue weighted by atomic mass is 19.4. The van der Waals surface area contributed by atoms with Crippen molar-refractivity contribution in [2.24, 2.45) is 4.99 Å². The van der Waals surface area contributed by atoms with Crippen molar-refractivity contribution in [3.63, 3.8) is 0 Å². The molecule has 0 amide bonds. The third kappa shape index (κ3) is 7.75. The standard InChI is InChI=1S/C41H35BF10N2O2/c1-22-7-11-28(12-8-22)36-32-17-26(5)24(3)15-30(32)34(53-36)19-35-31-16-25(4)27(6)18-33(31)37(29-13-9-23(2)10-14-29)54(35)42(55-20-38(43,44)40(47,48)49)56-21-39(45,46)41(50,51)52/h7-19H,20-21H2,1-6H3/b34-19-. The second kappa shape index (κ2) is 14.6. The Morgan fingerprint density at radius 1 is 0.571 bits per heavy atom. The van der Waals surface area contributed by atoms with Gasteiger partial charge in [-0.15, -0.1) is 0 Å². The average Bonchev–Trinajstić information content (AvgIpc) is 3.59. The minimum absolute atomic E-state index is 0.0255. The Balaban J connectivity index is 1.69. The van der Waals surface area contributed by atoms with E-state index in [1.165, 1.54) is 6.08 Å². The summed E-state index contributed by atoms with van der Waals surface area (Å²) in [5, 5.41) is 0.690. The molecule has 5 aromatic rings. The van der Waals surface area contributed by atoms with Crippen molar-refractivity contribution < 1.29 is 53.2 Å². The first-order valence-electron chi connectivity index (χ1n) is 17.3. The third-order valence-electron chi connectivity index (χ3n) is 9.84. The largest absolute Gasteiger partial charge is 0.598 e. The van der Waals surface area contributed by atoms with E-state index in [9.17, 15) is 43.9 Å². The van der Waals surface area contributed by atoms with Crippen LogP contribution in [0.15, 0.2) is 77.8 Å². The van der Waals surface area contributed by atoms with E-state index in [-0.39, 0.29) is 17.1 Å². The SMILES string of the molecule is Cc1ccc(C2=N/C(=C\c3c4cc(C)c(C)cc4c(-c4ccc(C)cc4)n3B(OCC(F)(F)C(F)(F)F)OCC(F)(F)C(F)(F)F)c3cc(C)c(C)cc32)cc1. The molecular weight excluding hydrogens is 753 g/mol. The van der Waals surface area contributed by atoms with Crippen LogP contribution in [0.2, 0.25) is 0 Å². The molecule has 0 radical (unpaired) electrons. The molecule has 15 heteroatoms. The van der Waals surface area contributed by atoms with Crippen LogP contribution in [-0.2, 0) is 9.31 Å². The second-order valence-electron chi connectivity index (χ2n) is 14.1. The topological polar surface area (TPSA) is 35.8 Å². The molecule has 4 aromatic carbocycles. The molecule has 0 spiro atoms. The van der Waals surface area contributed by atoms with Crippen LogP contribution in [0.1, 0.15) is 55.8 Å². The van der Waals surface area contributed by atoms with Crippen LogP contribution >= 0.6 is 0 Å². The lowest BCUT2D eigenvalue weighted by atomic mass is 9.94. The van der Waals surface area contributed by atoms with Gasteiger partial charge in [-0.25, -0.2) is 4.99 Å². The van der Waals surface area contributed by atoms with Crippen LogP contribution in [0, 0.1) is 41.5 Å². The Hall–Kier alpha value is -4.89. The lowest BCUT2D eigenvalue weighted by Crippen LogP contribution is -2.48. The van der Waals surface area contributed by atoms with Gasteiger partial charge in [-0.2, -0.15) is 43.9 Å². The summed E-state index contributed by atoms with van der Waals surface area (Å²) in [6.07, 6.45) is -10.8. The maximum atomic E-state index is 14.5. The quantitative estimate of drug-likeness (QED) is 0.104. The number of aliphatic imine (C=N–C) groups is 1. The molecule has 2 heterocycles. The zero-order valence-electron chi connectivity index (χ0n) is 31.0. The van der Waals surface area contributed by atoms with Crippen molar-refractivity contribution in [2.75, 3.05) is 13.2 Å². The molecule has 0 atom stereocenters. The first-order valence-corrected chi connectivity index (χ1v) is 17.3. The molecule has 56 heavy (non-hydrogen) atoms. The van der Waals surface area contributed by atoms with E-state index in [1.807, 2.05) is 57.2 Å². The van der Waals surface area contributed by atoms with E-state index in [2.05, 4.69) is 0 Å². The van der Waals surface area contributed by atoms with Crippen LogP contribution in [-0.4, -0.2) is 54.9 Å². The number of nitrogens with zero attached hydrogens (tertiary/aromatic N) is 2. The molecule has 0 saturated carbocycles. The number of hydrogen-bond acceptors (Lipinski definition) is 3. The van der Waals surface area contributed by atoms with E-state index >= 15 is 0 Å². The monoisotopic (exact) mass is 788 g/mol. The van der Waals surface area contributed by atoms with E-state index in [0.29, 0.717) is 38.7 Å². The van der Waals surface area contributed by atoms with E-state index in [4.69, 9.17) is 14.3 Å². The molecule has 1 aromatic heterocycles. The molecule has 1 aliphatic heterocycles. The fourth-order valence-corrected chi connectivity index (χ4v) is 6.32. The van der Waals surface area contributed by atoms with Crippen LogP contribution in [0.5, 0.6) is 0 Å². The molecule has 1 aliphatic rings. The van der Waals surface area contributed by atoms with Crippen molar-refractivity contribution in [3.8, 4) is 11.3 Å². The molecule has 294 valence electrons. The zero-order valence-corrected chi connectivity index (χ0v) is 31.0. The second-order valence-corrected chi connectivity index (χ2v) is 14.1. The van der Waals surface area contributed by atoms with Crippen molar-refractivity contribution >= 4 is 35.5 Å². The van der Waals surface area contributed by atoms with Gasteiger partial charge in [-0.05, 0) is 99.7 Å². The summed E-state index contributed by atoms with van der Waals surface area (Å²) < 4.78 is 149. The summed E-state index contributed by atoms with van der Waals surface area (Å²) in [4.78, 5) is 4.95. The summed E-state index contributed by atoms with van der Waals surface area (Å²) in [5.41, 5.74) is 8.20. The van der Waals surface area contributed by atoms with E-state index in [1.54, 1.807) is 57.2 Å². The Labute approximate surface area is 316 Å². The van der Waals surface area contributed by atoms with Crippen molar-refractivity contribution in [3.05, 3.63) is 129 Å². The number of rotatable bonds is 10. The summed E-state index contributed by atoms with van der Waals surface area (Å²) >= 11 is 0. The third-order valence-corrected chi connectivity index (χ3v) is 9.84. The highest BCUT2D eigenvalue weighted by Gasteiger charge is 2.60. The highest BCUT2D eigenvalue weighted by Crippen LogP contribution is 2.43. The van der Waals surface area contributed by atoms with E-state index in [0.717, 1.165) is 37.9 Å². The summed E-state index contributed by atoms with van der Waals surface area (Å²) in [6.45, 7) is 6.05. The predicted molar refractivity (Wildman–Crippen MR) is 197 cm³/mol. The summed E-state index contributed by atoms with van der Waals surface area (Å²) in [5.74, 6) is -11.1. The Morgan fingerprint density at radius 2 is 1.00 bits per heavy atom. The van der Waals surface area contributed by atoms with Gasteiger partial charge in [0.2, 0.25) is 0 Å². The number of aromatic nitrogens is 1. The molecule has 4 nitrogen and oxygen atoms in total. The minimum Gasteiger partial charge on any atom is -0.385 e. The highest BCUT2D eigenvalue weighted by molar-refractivity contribution is 6.45. The molecular formula is C41H35BF10N2O2. The number of hydrogen-bond donors (Lipinski definition) is 0. The van der Waals surface area contributed by atoms with Gasteiger partial charge in [0.25, 0.3) is 0 Å². The average molecular weight is 789 g/mol. The van der Waals surface area contributed by atoms with Crippen LogP contribution < -0.4 is 0 Å². The summed E-state index contributed by atoms with van der Waals surface area (Å²) in [6, 6.07) is 21.2. The lowest BCUT2D eigenvalue weighted by Gasteiger charge is -2.26. The number of halogens is 10. The smallest absolute Gasteiger partial charge is 0.385 e. The van der Waals surface area contributed by atoms with Gasteiger partial charge in [0.05, 0.1) is 11.4 Å². The maximum Gasteiger partial charge on any atom is 0.598 e. The number of benzene rings is 4. The zero-order chi connectivity index (χ0) is 41.1. The lowest BCUT2D eigenvalue weighted by molar-refractivity contribution is -0.295. The van der Waals surface area contributed by atoms with Crippen LogP contribution in [0.25, 0.3) is 33.8 Å². The Bertz CT molecular complexity index is 2330. The molecule has 6 rings (SSSR count). The first-order chi connectivity index (χ1) is 26.0. The Morgan fingerprint density at radius 3 is 1.48 bits per heavy atom. The van der Waals surface area contributed by atoms with E-state index < -0.39 is 44.7 Å². The molecule has 0 bridgehead atoms. The van der Waals surface area contributed by atoms with Gasteiger partial charge in [-0.3, -0.25) is 0 Å². The predicted octanol–water partition coefficient (Wildman–Crippen LogP) is 11.8. The molecule has 0 fully saturated rings. The fourth-order valence-electron chi connectivity index (χ4n) is 6.32. The van der Waals surface area contributed by atoms with Crippen molar-refractivity contribution in [2.45, 2.75) is 65.7 Å². The Kier molecular flexibility index (Phi) is 10.6. The van der Waals surface area contributed by atoms with Gasteiger partial charge >= 0.3 is 31.5 Å². The van der Waals surface area contributed by atoms with Gasteiger partial charge in [0.1, 0.15) is 13.2 Å². The first kappa shape index (κ1) is 40.8. The normalized spacial score (nSPS) is 14.5. The minimum atomic E-state index is -6.15. The van der Waals surface area contributed by atoms with Crippen molar-refractivity contribution in [1.82, 2.24) is 4.48 Å². The van der Waals surface area contributed by atoms with Gasteiger partial charge in [0, 0.05) is 38.9 Å². The van der Waals surface area contributed by atoms with Gasteiger partial charge in [0.15, 0.2) is 0 Å². The van der Waals surface area contributed by atoms with Crippen LogP contribution in [0.4, 0.5) is 43.9 Å². The number of fused-ring (bicyclic) bond motifs is 2. The van der Waals surface area contributed by atoms with Crippen molar-refractivity contribution in [1.29, 1.82) is 0 Å². The summed E-state index contributed by atoms with van der Waals surface area (Å²) in [7, 11) is -2.67. The molecule has 0 aliphatic carbocycles. The molecule has 0 N–H and O–H groups in total. The number of aryl methyl sites for hydroxylation is 6. The molecule has 0 unspecified atom stereocenters. The van der Waals surface area contributed by atoms with Gasteiger partial charge in [-0.1, -0.05) is 59.7 Å². The van der Waals surface area contributed by atoms with Gasteiger partial charge < -0.3 is 13.8 Å². The maximum absolute atomic E-state index is 14.5. The molecule has 0 saturated heterocycles. The fraction of sp³-hybridized carbons (Fsp3) is 0.293.